The molecule has 27 heavy (non-hydrogen) atoms. The van der Waals surface area contributed by atoms with Crippen LogP contribution in [-0.4, -0.2) is 32.8 Å². The first kappa shape index (κ1) is 17.8. The minimum atomic E-state index is -0.706. The molecule has 5 nitrogen and oxygen atoms in total. The number of amides is 1. The van der Waals surface area contributed by atoms with E-state index in [1.165, 1.54) is 10.9 Å². The number of halogens is 1. The van der Waals surface area contributed by atoms with E-state index in [4.69, 9.17) is 16.3 Å². The molecule has 1 saturated heterocycles. The van der Waals surface area contributed by atoms with Crippen molar-refractivity contribution < 1.29 is 9.53 Å². The molecule has 0 saturated carbocycles. The number of carbonyl (C=O) groups excluding carboxylic acids is 1. The van der Waals surface area contributed by atoms with E-state index < -0.39 is 5.72 Å². The van der Waals surface area contributed by atoms with Crippen LogP contribution in [-0.2, 0) is 4.74 Å². The summed E-state index contributed by atoms with van der Waals surface area (Å²) in [6.07, 6.45) is 3.12. The maximum atomic E-state index is 13.1. The summed E-state index contributed by atoms with van der Waals surface area (Å²) in [5.74, 6) is 0. The highest BCUT2D eigenvalue weighted by Gasteiger charge is 2.43. The largest absolute Gasteiger partial charge is 0.346 e. The van der Waals surface area contributed by atoms with Crippen LogP contribution in [0.15, 0.2) is 67.1 Å². The summed E-state index contributed by atoms with van der Waals surface area (Å²) in [6, 6.07) is 17.2. The van der Waals surface area contributed by atoms with Gasteiger partial charge in [0.1, 0.15) is 18.2 Å². The van der Waals surface area contributed by atoms with Gasteiger partial charge in [0, 0.05) is 16.8 Å². The number of hydrogen-bond acceptors (Lipinski definition) is 3. The van der Waals surface area contributed by atoms with Crippen LogP contribution in [0.3, 0.4) is 0 Å². The first-order chi connectivity index (χ1) is 12.9. The molecule has 1 fully saturated rings. The Morgan fingerprint density at radius 3 is 2.56 bits per heavy atom. The van der Waals surface area contributed by atoms with E-state index in [2.05, 4.69) is 4.98 Å². The summed E-state index contributed by atoms with van der Waals surface area (Å²) >= 11 is 5.94. The van der Waals surface area contributed by atoms with Crippen molar-refractivity contribution in [1.29, 1.82) is 0 Å². The molecule has 0 bridgehead atoms. The maximum absolute atomic E-state index is 13.1. The highest BCUT2D eigenvalue weighted by molar-refractivity contribution is 6.30. The van der Waals surface area contributed by atoms with E-state index >= 15 is 0 Å². The van der Waals surface area contributed by atoms with Gasteiger partial charge in [-0.1, -0.05) is 54.1 Å². The quantitative estimate of drug-likeness (QED) is 0.628. The second-order valence-electron chi connectivity index (χ2n) is 7.03. The van der Waals surface area contributed by atoms with Gasteiger partial charge in [-0.15, -0.1) is 0 Å². The van der Waals surface area contributed by atoms with Gasteiger partial charge in [-0.25, -0.2) is 9.78 Å². The topological polar surface area (TPSA) is 47.4 Å². The summed E-state index contributed by atoms with van der Waals surface area (Å²) < 4.78 is 7.65. The molecule has 6 heteroatoms. The van der Waals surface area contributed by atoms with Crippen LogP contribution >= 0.6 is 11.6 Å². The molecule has 1 amide bonds. The molecule has 1 atom stereocenters. The Labute approximate surface area is 163 Å². The van der Waals surface area contributed by atoms with Crippen molar-refractivity contribution in [3.05, 3.63) is 77.7 Å². The lowest BCUT2D eigenvalue weighted by Crippen LogP contribution is -2.45. The molecule has 0 aliphatic carbocycles. The molecule has 2 aromatic carbocycles. The molecule has 1 aromatic heterocycles. The molecule has 138 valence electrons. The second-order valence-corrected chi connectivity index (χ2v) is 7.47. The third-order valence-electron chi connectivity index (χ3n) is 4.77. The maximum Gasteiger partial charge on any atom is 0.331 e. The van der Waals surface area contributed by atoms with E-state index in [0.29, 0.717) is 11.6 Å². The van der Waals surface area contributed by atoms with E-state index in [-0.39, 0.29) is 12.1 Å². The van der Waals surface area contributed by atoms with Crippen LogP contribution < -0.4 is 0 Å². The van der Waals surface area contributed by atoms with Gasteiger partial charge in [0.05, 0.1) is 12.2 Å². The molecule has 3 aromatic rings. The van der Waals surface area contributed by atoms with Crippen molar-refractivity contribution in [2.45, 2.75) is 25.7 Å². The van der Waals surface area contributed by atoms with Gasteiger partial charge in [0.2, 0.25) is 0 Å². The van der Waals surface area contributed by atoms with Gasteiger partial charge in [-0.05, 0) is 31.5 Å². The van der Waals surface area contributed by atoms with Gasteiger partial charge in [-0.3, -0.25) is 9.47 Å². The normalized spacial score (nSPS) is 18.6. The fourth-order valence-corrected chi connectivity index (χ4v) is 3.45. The van der Waals surface area contributed by atoms with Gasteiger partial charge >= 0.3 is 6.03 Å². The summed E-state index contributed by atoms with van der Waals surface area (Å²) in [5.41, 5.74) is 1.98. The minimum absolute atomic E-state index is 0.149. The number of rotatable bonds is 2. The lowest BCUT2D eigenvalue weighted by atomic mass is 10.1. The standard InChI is InChI=1S/C21H20ClN3O2/c1-21(2)25(13-19(27-21)16-6-4-3-5-7-16)20(26)24-12-18(23-14-24)15-8-10-17(22)11-9-15/h3-12,14,19H,13H2,1-2H3. The first-order valence-electron chi connectivity index (χ1n) is 8.79. The Kier molecular flexibility index (Phi) is 4.50. The zero-order valence-electron chi connectivity index (χ0n) is 15.2. The Hall–Kier alpha value is -2.63. The van der Waals surface area contributed by atoms with Crippen LogP contribution in [0.4, 0.5) is 4.79 Å². The number of hydrogen-bond donors (Lipinski definition) is 0. The Morgan fingerprint density at radius 2 is 1.85 bits per heavy atom. The molecular weight excluding hydrogens is 362 g/mol. The SMILES string of the molecule is CC1(C)OC(c2ccccc2)CN1C(=O)n1cnc(-c2ccc(Cl)cc2)c1. The molecule has 2 heterocycles. The Morgan fingerprint density at radius 1 is 1.15 bits per heavy atom. The average Bonchev–Trinajstić information content (AvgIpc) is 3.27. The van der Waals surface area contributed by atoms with Crippen LogP contribution in [0.5, 0.6) is 0 Å². The van der Waals surface area contributed by atoms with Crippen molar-refractivity contribution in [3.8, 4) is 11.3 Å². The fourth-order valence-electron chi connectivity index (χ4n) is 3.32. The minimum Gasteiger partial charge on any atom is -0.346 e. The van der Waals surface area contributed by atoms with Gasteiger partial charge in [0.25, 0.3) is 0 Å². The third-order valence-corrected chi connectivity index (χ3v) is 5.03. The summed E-state index contributed by atoms with van der Waals surface area (Å²) in [4.78, 5) is 19.2. The highest BCUT2D eigenvalue weighted by atomic mass is 35.5. The molecule has 0 N–H and O–H groups in total. The number of carbonyl (C=O) groups is 1. The number of nitrogens with zero attached hydrogens (tertiary/aromatic N) is 3. The summed E-state index contributed by atoms with van der Waals surface area (Å²) in [5, 5.41) is 0.664. The van der Waals surface area contributed by atoms with E-state index in [9.17, 15) is 4.79 Å². The van der Waals surface area contributed by atoms with Crippen molar-refractivity contribution in [3.63, 3.8) is 0 Å². The number of ether oxygens (including phenoxy) is 1. The third kappa shape index (κ3) is 3.48. The molecule has 1 aliphatic rings. The number of aromatic nitrogens is 2. The lowest BCUT2D eigenvalue weighted by molar-refractivity contribution is -0.0613. The summed E-state index contributed by atoms with van der Waals surface area (Å²) in [6.45, 7) is 4.31. The van der Waals surface area contributed by atoms with Gasteiger partial charge in [-0.2, -0.15) is 0 Å². The smallest absolute Gasteiger partial charge is 0.331 e. The molecule has 1 aliphatic heterocycles. The fraction of sp³-hybridized carbons (Fsp3) is 0.238. The van der Waals surface area contributed by atoms with Crippen molar-refractivity contribution >= 4 is 17.6 Å². The van der Waals surface area contributed by atoms with Gasteiger partial charge < -0.3 is 4.74 Å². The number of imidazole rings is 1. The zero-order valence-corrected chi connectivity index (χ0v) is 15.9. The Bertz CT molecular complexity index is 951. The molecular formula is C21H20ClN3O2. The van der Waals surface area contributed by atoms with Crippen LogP contribution in [0.1, 0.15) is 25.5 Å². The average molecular weight is 382 g/mol. The van der Waals surface area contributed by atoms with E-state index in [0.717, 1.165) is 16.8 Å². The molecule has 0 radical (unpaired) electrons. The predicted molar refractivity (Wildman–Crippen MR) is 105 cm³/mol. The first-order valence-corrected chi connectivity index (χ1v) is 9.16. The van der Waals surface area contributed by atoms with Gasteiger partial charge in [0.15, 0.2) is 0 Å². The number of benzene rings is 2. The van der Waals surface area contributed by atoms with Crippen molar-refractivity contribution in [2.24, 2.45) is 0 Å². The predicted octanol–water partition coefficient (Wildman–Crippen LogP) is 4.98. The van der Waals surface area contributed by atoms with E-state index in [1.54, 1.807) is 23.2 Å². The van der Waals surface area contributed by atoms with Crippen LogP contribution in [0, 0.1) is 0 Å². The molecule has 0 spiro atoms. The zero-order chi connectivity index (χ0) is 19.0. The van der Waals surface area contributed by atoms with Crippen molar-refractivity contribution in [2.75, 3.05) is 6.54 Å². The molecule has 4 rings (SSSR count). The Balaban J connectivity index is 1.56. The van der Waals surface area contributed by atoms with E-state index in [1.807, 2.05) is 56.3 Å². The lowest BCUT2D eigenvalue weighted by Gasteiger charge is -2.29. The second kappa shape index (κ2) is 6.83. The highest BCUT2D eigenvalue weighted by Crippen LogP contribution is 2.36. The summed E-state index contributed by atoms with van der Waals surface area (Å²) in [7, 11) is 0. The van der Waals surface area contributed by atoms with Crippen LogP contribution in [0.25, 0.3) is 11.3 Å². The monoisotopic (exact) mass is 381 g/mol. The van der Waals surface area contributed by atoms with Crippen molar-refractivity contribution in [1.82, 2.24) is 14.5 Å². The van der Waals surface area contributed by atoms with Crippen LogP contribution in [0.2, 0.25) is 5.02 Å². The molecule has 1 unspecified atom stereocenters.